The molecule has 0 bridgehead atoms. The predicted octanol–water partition coefficient (Wildman–Crippen LogP) is 2.18. The van der Waals surface area contributed by atoms with Gasteiger partial charge in [0.2, 0.25) is 0 Å². The third-order valence-electron chi connectivity index (χ3n) is 2.30. The Bertz CT molecular complexity index is 338. The highest BCUT2D eigenvalue weighted by molar-refractivity contribution is 5.17. The molecule has 1 aliphatic heterocycles. The van der Waals surface area contributed by atoms with Gasteiger partial charge in [0.15, 0.2) is 6.10 Å². The summed E-state index contributed by atoms with van der Waals surface area (Å²) in [7, 11) is 0. The van der Waals surface area contributed by atoms with Gasteiger partial charge in [-0.05, 0) is 18.2 Å². The molecule has 3 nitrogen and oxygen atoms in total. The second-order valence-corrected chi connectivity index (χ2v) is 3.30. The molecule has 0 spiro atoms. The molecule has 0 aliphatic carbocycles. The number of aryl methyl sites for hydroxylation is 1. The van der Waals surface area contributed by atoms with Gasteiger partial charge in [-0.3, -0.25) is 0 Å². The summed E-state index contributed by atoms with van der Waals surface area (Å²) in [6.07, 6.45) is 2.87. The minimum absolute atomic E-state index is 0.565. The Morgan fingerprint density at radius 2 is 2.36 bits per heavy atom. The molecule has 1 aromatic heterocycles. The molecule has 0 fully saturated rings. The number of rotatable bonds is 3. The average Bonchev–Trinajstić information content (AvgIpc) is 2.88. The SMILES string of the molecule is CCc1ccc(C(O)C2=CCCO2)o1. The van der Waals surface area contributed by atoms with E-state index in [-0.39, 0.29) is 0 Å². The molecular weight excluding hydrogens is 180 g/mol. The van der Waals surface area contributed by atoms with E-state index >= 15 is 0 Å². The van der Waals surface area contributed by atoms with Crippen molar-refractivity contribution in [2.75, 3.05) is 6.61 Å². The molecule has 1 unspecified atom stereocenters. The van der Waals surface area contributed by atoms with Gasteiger partial charge < -0.3 is 14.3 Å². The Hall–Kier alpha value is -1.22. The molecular formula is C11H14O3. The highest BCUT2D eigenvalue weighted by Crippen LogP contribution is 2.27. The predicted molar refractivity (Wildman–Crippen MR) is 51.7 cm³/mol. The maximum atomic E-state index is 9.84. The fourth-order valence-electron chi connectivity index (χ4n) is 1.50. The molecule has 1 aliphatic rings. The van der Waals surface area contributed by atoms with Gasteiger partial charge in [0, 0.05) is 12.8 Å². The number of ether oxygens (including phenoxy) is 1. The van der Waals surface area contributed by atoms with Crippen LogP contribution in [0.25, 0.3) is 0 Å². The van der Waals surface area contributed by atoms with E-state index in [4.69, 9.17) is 9.15 Å². The number of hydrogen-bond acceptors (Lipinski definition) is 3. The smallest absolute Gasteiger partial charge is 0.168 e. The zero-order valence-corrected chi connectivity index (χ0v) is 8.19. The van der Waals surface area contributed by atoms with Crippen molar-refractivity contribution in [2.45, 2.75) is 25.9 Å². The third kappa shape index (κ3) is 1.68. The lowest BCUT2D eigenvalue weighted by molar-refractivity contribution is 0.102. The Balaban J connectivity index is 2.13. The topological polar surface area (TPSA) is 42.6 Å². The maximum Gasteiger partial charge on any atom is 0.168 e. The van der Waals surface area contributed by atoms with Crippen LogP contribution >= 0.6 is 0 Å². The fourth-order valence-corrected chi connectivity index (χ4v) is 1.50. The average molecular weight is 194 g/mol. The molecule has 0 saturated heterocycles. The Labute approximate surface area is 83.0 Å². The van der Waals surface area contributed by atoms with E-state index in [1.165, 1.54) is 0 Å². The molecule has 2 heterocycles. The van der Waals surface area contributed by atoms with Crippen LogP contribution < -0.4 is 0 Å². The van der Waals surface area contributed by atoms with Crippen LogP contribution in [0.2, 0.25) is 0 Å². The second kappa shape index (κ2) is 3.88. The van der Waals surface area contributed by atoms with E-state index in [0.29, 0.717) is 18.1 Å². The lowest BCUT2D eigenvalue weighted by Crippen LogP contribution is -2.00. The molecule has 0 radical (unpaired) electrons. The molecule has 0 saturated carbocycles. The van der Waals surface area contributed by atoms with Crippen molar-refractivity contribution in [2.24, 2.45) is 0 Å². The van der Waals surface area contributed by atoms with E-state index in [1.807, 2.05) is 19.1 Å². The summed E-state index contributed by atoms with van der Waals surface area (Å²) in [6.45, 7) is 2.67. The van der Waals surface area contributed by atoms with Gasteiger partial charge in [-0.25, -0.2) is 0 Å². The van der Waals surface area contributed by atoms with Crippen molar-refractivity contribution < 1.29 is 14.3 Å². The number of aliphatic hydroxyl groups excluding tert-OH is 1. The van der Waals surface area contributed by atoms with Gasteiger partial charge >= 0.3 is 0 Å². The third-order valence-corrected chi connectivity index (χ3v) is 2.30. The molecule has 1 N–H and O–H groups in total. The van der Waals surface area contributed by atoms with Gasteiger partial charge in [0.25, 0.3) is 0 Å². The second-order valence-electron chi connectivity index (χ2n) is 3.30. The summed E-state index contributed by atoms with van der Waals surface area (Å²) >= 11 is 0. The Morgan fingerprint density at radius 1 is 1.50 bits per heavy atom. The van der Waals surface area contributed by atoms with Gasteiger partial charge in [-0.15, -0.1) is 0 Å². The minimum atomic E-state index is -0.738. The van der Waals surface area contributed by atoms with Crippen LogP contribution in [0.15, 0.2) is 28.4 Å². The molecule has 1 atom stereocenters. The lowest BCUT2D eigenvalue weighted by atomic mass is 10.2. The van der Waals surface area contributed by atoms with Crippen LogP contribution in [0.4, 0.5) is 0 Å². The first-order valence-corrected chi connectivity index (χ1v) is 4.90. The van der Waals surface area contributed by atoms with Crippen LogP contribution in [-0.4, -0.2) is 11.7 Å². The number of furan rings is 1. The van der Waals surface area contributed by atoms with E-state index in [1.54, 1.807) is 6.07 Å². The van der Waals surface area contributed by atoms with Crippen molar-refractivity contribution in [3.8, 4) is 0 Å². The van der Waals surface area contributed by atoms with Crippen LogP contribution in [0.1, 0.15) is 31.0 Å². The highest BCUT2D eigenvalue weighted by atomic mass is 16.5. The van der Waals surface area contributed by atoms with E-state index in [9.17, 15) is 5.11 Å². The molecule has 0 amide bonds. The van der Waals surface area contributed by atoms with Crippen LogP contribution in [0, 0.1) is 0 Å². The van der Waals surface area contributed by atoms with Gasteiger partial charge in [0.05, 0.1) is 6.61 Å². The van der Waals surface area contributed by atoms with Gasteiger partial charge in [-0.2, -0.15) is 0 Å². The van der Waals surface area contributed by atoms with Gasteiger partial charge in [0.1, 0.15) is 17.3 Å². The van der Waals surface area contributed by atoms with Crippen molar-refractivity contribution in [3.05, 3.63) is 35.5 Å². The summed E-state index contributed by atoms with van der Waals surface area (Å²) < 4.78 is 10.7. The van der Waals surface area contributed by atoms with Crippen molar-refractivity contribution in [3.63, 3.8) is 0 Å². The fraction of sp³-hybridized carbons (Fsp3) is 0.455. The molecule has 2 rings (SSSR count). The number of aliphatic hydroxyl groups is 1. The Morgan fingerprint density at radius 3 is 2.93 bits per heavy atom. The van der Waals surface area contributed by atoms with Crippen LogP contribution in [0.3, 0.4) is 0 Å². The van der Waals surface area contributed by atoms with E-state index in [2.05, 4.69) is 0 Å². The largest absolute Gasteiger partial charge is 0.495 e. The molecule has 14 heavy (non-hydrogen) atoms. The van der Waals surface area contributed by atoms with E-state index in [0.717, 1.165) is 18.6 Å². The maximum absolute atomic E-state index is 9.84. The van der Waals surface area contributed by atoms with Crippen molar-refractivity contribution >= 4 is 0 Å². The first kappa shape index (κ1) is 9.34. The zero-order chi connectivity index (χ0) is 9.97. The summed E-state index contributed by atoms with van der Waals surface area (Å²) in [4.78, 5) is 0. The van der Waals surface area contributed by atoms with E-state index < -0.39 is 6.10 Å². The summed E-state index contributed by atoms with van der Waals surface area (Å²) in [5, 5.41) is 9.84. The van der Waals surface area contributed by atoms with Crippen LogP contribution in [0.5, 0.6) is 0 Å². The Kier molecular flexibility index (Phi) is 2.59. The first-order chi connectivity index (χ1) is 6.81. The molecule has 3 heteroatoms. The zero-order valence-electron chi connectivity index (χ0n) is 8.19. The normalized spacial score (nSPS) is 17.7. The summed E-state index contributed by atoms with van der Waals surface area (Å²) in [5.74, 6) is 2.06. The first-order valence-electron chi connectivity index (χ1n) is 4.90. The summed E-state index contributed by atoms with van der Waals surface area (Å²) in [6, 6.07) is 3.68. The minimum Gasteiger partial charge on any atom is -0.495 e. The monoisotopic (exact) mass is 194 g/mol. The van der Waals surface area contributed by atoms with Crippen molar-refractivity contribution in [1.29, 1.82) is 0 Å². The molecule has 1 aromatic rings. The quantitative estimate of drug-likeness (QED) is 0.801. The number of hydrogen-bond donors (Lipinski definition) is 1. The lowest BCUT2D eigenvalue weighted by Gasteiger charge is -2.08. The highest BCUT2D eigenvalue weighted by Gasteiger charge is 2.20. The van der Waals surface area contributed by atoms with Crippen molar-refractivity contribution in [1.82, 2.24) is 0 Å². The standard InChI is InChI=1S/C11H14O3/c1-2-8-5-6-10(14-8)11(12)9-4-3-7-13-9/h4-6,11-12H,2-3,7H2,1H3. The van der Waals surface area contributed by atoms with Crippen LogP contribution in [-0.2, 0) is 11.2 Å². The molecule has 76 valence electrons. The van der Waals surface area contributed by atoms with Gasteiger partial charge in [-0.1, -0.05) is 6.92 Å². The molecule has 0 aromatic carbocycles. The summed E-state index contributed by atoms with van der Waals surface area (Å²) in [5.41, 5.74) is 0.